The van der Waals surface area contributed by atoms with Gasteiger partial charge in [0.05, 0.1) is 6.61 Å². The molecule has 0 fully saturated rings. The normalized spacial score (nSPS) is 12.6. The van der Waals surface area contributed by atoms with Crippen LogP contribution >= 0.6 is 11.6 Å². The summed E-state index contributed by atoms with van der Waals surface area (Å²) in [5, 5.41) is 3.25. The molecule has 0 saturated heterocycles. The van der Waals surface area contributed by atoms with Gasteiger partial charge in [-0.2, -0.15) is 0 Å². The molecule has 2 rings (SSSR count). The maximum absolute atomic E-state index is 12.2. The van der Waals surface area contributed by atoms with E-state index in [1.807, 2.05) is 6.92 Å². The minimum Gasteiger partial charge on any atom is -0.494 e. The van der Waals surface area contributed by atoms with Gasteiger partial charge in [0.15, 0.2) is 12.2 Å². The lowest BCUT2D eigenvalue weighted by molar-refractivity contribution is -0.159. The summed E-state index contributed by atoms with van der Waals surface area (Å²) >= 11 is 5.81. The number of anilines is 1. The highest BCUT2D eigenvalue weighted by Gasteiger charge is 2.23. The van der Waals surface area contributed by atoms with Gasteiger partial charge in [-0.3, -0.25) is 4.79 Å². The van der Waals surface area contributed by atoms with Crippen LogP contribution in [-0.2, 0) is 14.3 Å². The van der Waals surface area contributed by atoms with E-state index in [1.54, 1.807) is 55.5 Å². The van der Waals surface area contributed by atoms with E-state index in [-0.39, 0.29) is 0 Å². The summed E-state index contributed by atoms with van der Waals surface area (Å²) in [6.07, 6.45) is -1.84. The molecule has 0 aliphatic heterocycles. The number of carbonyl (C=O) groups is 2. The largest absolute Gasteiger partial charge is 0.494 e. The molecule has 7 heteroatoms. The number of hydrogen-bond acceptors (Lipinski definition) is 5. The molecule has 2 aromatic carbocycles. The second-order valence-electron chi connectivity index (χ2n) is 5.74. The fourth-order valence-electron chi connectivity index (χ4n) is 2.13. The Hall–Kier alpha value is -2.73. The average Bonchev–Trinajstić information content (AvgIpc) is 2.65. The van der Waals surface area contributed by atoms with Gasteiger partial charge in [0.2, 0.25) is 0 Å². The van der Waals surface area contributed by atoms with Crippen LogP contribution < -0.4 is 14.8 Å². The first-order valence-electron chi connectivity index (χ1n) is 8.55. The summed E-state index contributed by atoms with van der Waals surface area (Å²) in [7, 11) is 0. The Morgan fingerprint density at radius 3 is 2.15 bits per heavy atom. The van der Waals surface area contributed by atoms with Crippen LogP contribution in [0.2, 0.25) is 5.02 Å². The summed E-state index contributed by atoms with van der Waals surface area (Å²) in [6.45, 7) is 5.50. The smallest absolute Gasteiger partial charge is 0.347 e. The Morgan fingerprint density at radius 2 is 1.56 bits per heavy atom. The molecule has 27 heavy (non-hydrogen) atoms. The molecule has 0 aromatic heterocycles. The number of rotatable bonds is 8. The highest BCUT2D eigenvalue weighted by atomic mass is 35.5. The molecular weight excluding hydrogens is 370 g/mol. The first kappa shape index (κ1) is 20.6. The second-order valence-corrected chi connectivity index (χ2v) is 6.18. The number of carbonyl (C=O) groups excluding carboxylic acids is 2. The average molecular weight is 392 g/mol. The number of benzene rings is 2. The topological polar surface area (TPSA) is 73.9 Å². The van der Waals surface area contributed by atoms with Crippen LogP contribution in [0.15, 0.2) is 48.5 Å². The van der Waals surface area contributed by atoms with E-state index in [0.29, 0.717) is 28.8 Å². The van der Waals surface area contributed by atoms with Crippen LogP contribution in [0.1, 0.15) is 20.8 Å². The zero-order chi connectivity index (χ0) is 19.8. The molecule has 0 heterocycles. The van der Waals surface area contributed by atoms with E-state index in [9.17, 15) is 9.59 Å². The van der Waals surface area contributed by atoms with Crippen LogP contribution in [0.3, 0.4) is 0 Å². The molecule has 1 N–H and O–H groups in total. The molecule has 0 bridgehead atoms. The van der Waals surface area contributed by atoms with Crippen LogP contribution in [-0.4, -0.2) is 30.7 Å². The van der Waals surface area contributed by atoms with Crippen molar-refractivity contribution in [3.8, 4) is 11.5 Å². The van der Waals surface area contributed by atoms with Gasteiger partial charge in [0, 0.05) is 10.7 Å². The molecule has 144 valence electrons. The predicted octanol–water partition coefficient (Wildman–Crippen LogP) is 4.08. The van der Waals surface area contributed by atoms with E-state index in [0.717, 1.165) is 0 Å². The number of halogens is 1. The quantitative estimate of drug-likeness (QED) is 0.686. The monoisotopic (exact) mass is 391 g/mol. The van der Waals surface area contributed by atoms with Gasteiger partial charge < -0.3 is 19.5 Å². The molecule has 0 aliphatic rings. The van der Waals surface area contributed by atoms with Crippen molar-refractivity contribution in [1.82, 2.24) is 0 Å². The fourth-order valence-corrected chi connectivity index (χ4v) is 2.26. The maximum Gasteiger partial charge on any atom is 0.347 e. The van der Waals surface area contributed by atoms with Gasteiger partial charge in [-0.25, -0.2) is 4.79 Å². The Labute approximate surface area is 163 Å². The van der Waals surface area contributed by atoms with Gasteiger partial charge in [-0.1, -0.05) is 11.6 Å². The van der Waals surface area contributed by atoms with Crippen molar-refractivity contribution in [3.63, 3.8) is 0 Å². The highest BCUT2D eigenvalue weighted by Crippen LogP contribution is 2.18. The van der Waals surface area contributed by atoms with E-state index < -0.39 is 24.1 Å². The molecule has 0 saturated carbocycles. The number of esters is 1. The Kier molecular flexibility index (Phi) is 7.49. The molecule has 0 aliphatic carbocycles. The van der Waals surface area contributed by atoms with Gasteiger partial charge >= 0.3 is 5.97 Å². The van der Waals surface area contributed by atoms with Gasteiger partial charge in [0.25, 0.3) is 5.91 Å². The molecule has 0 spiro atoms. The van der Waals surface area contributed by atoms with Crippen molar-refractivity contribution in [3.05, 3.63) is 53.6 Å². The van der Waals surface area contributed by atoms with Crippen molar-refractivity contribution in [2.45, 2.75) is 33.0 Å². The molecule has 6 nitrogen and oxygen atoms in total. The van der Waals surface area contributed by atoms with E-state index in [1.165, 1.54) is 6.92 Å². The summed E-state index contributed by atoms with van der Waals surface area (Å²) in [6, 6.07) is 13.5. The SMILES string of the molecule is CCOc1ccc(NC(=O)[C@H](C)OC(=O)[C@@H](C)Oc2ccc(Cl)cc2)cc1. The third-order valence-electron chi connectivity index (χ3n) is 3.55. The third kappa shape index (κ3) is 6.49. The molecule has 0 radical (unpaired) electrons. The summed E-state index contributed by atoms with van der Waals surface area (Å²) in [4.78, 5) is 24.3. The number of amides is 1. The maximum atomic E-state index is 12.2. The van der Waals surface area contributed by atoms with E-state index >= 15 is 0 Å². The van der Waals surface area contributed by atoms with Crippen LogP contribution in [0.25, 0.3) is 0 Å². The van der Waals surface area contributed by atoms with Crippen molar-refractivity contribution in [2.75, 3.05) is 11.9 Å². The lowest BCUT2D eigenvalue weighted by atomic mass is 10.2. The fraction of sp³-hybridized carbons (Fsp3) is 0.300. The molecule has 2 atom stereocenters. The standard InChI is InChI=1S/C20H22ClNO5/c1-4-25-17-11-7-16(8-12-17)22-19(23)13(2)27-20(24)14(3)26-18-9-5-15(21)6-10-18/h5-14H,4H2,1-3H3,(H,22,23)/t13-,14+/m0/s1. The molecular formula is C20H22ClNO5. The van der Waals surface area contributed by atoms with Crippen molar-refractivity contribution in [1.29, 1.82) is 0 Å². The van der Waals surface area contributed by atoms with Crippen LogP contribution in [0.4, 0.5) is 5.69 Å². The third-order valence-corrected chi connectivity index (χ3v) is 3.81. The first-order chi connectivity index (χ1) is 12.9. The highest BCUT2D eigenvalue weighted by molar-refractivity contribution is 6.30. The van der Waals surface area contributed by atoms with Crippen molar-refractivity contribution < 1.29 is 23.8 Å². The Morgan fingerprint density at radius 1 is 0.963 bits per heavy atom. The second kappa shape index (κ2) is 9.83. The number of ether oxygens (including phenoxy) is 3. The predicted molar refractivity (Wildman–Crippen MR) is 103 cm³/mol. The Balaban J connectivity index is 1.85. The number of hydrogen-bond donors (Lipinski definition) is 1. The van der Waals surface area contributed by atoms with Crippen molar-refractivity contribution >= 4 is 29.2 Å². The van der Waals surface area contributed by atoms with Crippen LogP contribution in [0.5, 0.6) is 11.5 Å². The molecule has 0 unspecified atom stereocenters. The van der Waals surface area contributed by atoms with Gasteiger partial charge in [-0.05, 0) is 69.3 Å². The lowest BCUT2D eigenvalue weighted by Gasteiger charge is -2.18. The Bertz CT molecular complexity index is 761. The summed E-state index contributed by atoms with van der Waals surface area (Å²) in [5.41, 5.74) is 0.580. The van der Waals surface area contributed by atoms with Gasteiger partial charge in [0.1, 0.15) is 11.5 Å². The molecule has 1 amide bonds. The first-order valence-corrected chi connectivity index (χ1v) is 8.93. The zero-order valence-electron chi connectivity index (χ0n) is 15.4. The van der Waals surface area contributed by atoms with Gasteiger partial charge in [-0.15, -0.1) is 0 Å². The minimum atomic E-state index is -0.972. The van der Waals surface area contributed by atoms with Crippen molar-refractivity contribution in [2.24, 2.45) is 0 Å². The lowest BCUT2D eigenvalue weighted by Crippen LogP contribution is -2.35. The minimum absolute atomic E-state index is 0.439. The van der Waals surface area contributed by atoms with E-state index in [4.69, 9.17) is 25.8 Å². The molecule has 2 aromatic rings. The summed E-state index contributed by atoms with van der Waals surface area (Å²) < 4.78 is 16.0. The zero-order valence-corrected chi connectivity index (χ0v) is 16.2. The van der Waals surface area contributed by atoms with E-state index in [2.05, 4.69) is 5.32 Å². The number of nitrogens with one attached hydrogen (secondary N) is 1. The van der Waals surface area contributed by atoms with Crippen LogP contribution in [0, 0.1) is 0 Å². The summed E-state index contributed by atoms with van der Waals surface area (Å²) in [5.74, 6) is 0.115.